The van der Waals surface area contributed by atoms with E-state index in [0.29, 0.717) is 11.1 Å². The highest BCUT2D eigenvalue weighted by molar-refractivity contribution is 6.30. The van der Waals surface area contributed by atoms with Gasteiger partial charge in [0.25, 0.3) is 0 Å². The van der Waals surface area contributed by atoms with E-state index in [2.05, 4.69) is 49.8 Å². The molecule has 1 aromatic heterocycles. The zero-order valence-electron chi connectivity index (χ0n) is 12.1. The Morgan fingerprint density at radius 3 is 2.05 bits per heavy atom. The Kier molecular flexibility index (Phi) is 3.91. The second-order valence-corrected chi connectivity index (χ2v) is 5.62. The van der Waals surface area contributed by atoms with Crippen molar-refractivity contribution in [2.24, 2.45) is 0 Å². The maximum absolute atomic E-state index is 6.33. The molecule has 1 heterocycles. The number of hydrogen-bond acceptors (Lipinski definition) is 2. The average Bonchev–Trinajstić information content (AvgIpc) is 2.26. The van der Waals surface area contributed by atoms with Crippen LogP contribution < -0.4 is 0 Å². The van der Waals surface area contributed by atoms with Gasteiger partial charge in [-0.05, 0) is 37.8 Å². The molecular weight excluding hydrogens is 256 g/mol. The summed E-state index contributed by atoms with van der Waals surface area (Å²) in [5, 5.41) is 0.570. The van der Waals surface area contributed by atoms with E-state index in [-0.39, 0.29) is 0 Å². The Labute approximate surface area is 119 Å². The van der Waals surface area contributed by atoms with Crippen LogP contribution in [-0.2, 0) is 0 Å². The van der Waals surface area contributed by atoms with Gasteiger partial charge in [0.05, 0.1) is 0 Å². The van der Waals surface area contributed by atoms with Crippen molar-refractivity contribution >= 4 is 11.6 Å². The summed E-state index contributed by atoms with van der Waals surface area (Å²) >= 11 is 6.33. The SMILES string of the molecule is Cc1cccc(C)c1-c1nc(C)c(C(C)C)c(Cl)n1. The fourth-order valence-corrected chi connectivity index (χ4v) is 2.92. The lowest BCUT2D eigenvalue weighted by molar-refractivity contribution is 0.831. The molecule has 100 valence electrons. The second-order valence-electron chi connectivity index (χ2n) is 5.26. The number of nitrogens with zero attached hydrogens (tertiary/aromatic N) is 2. The van der Waals surface area contributed by atoms with E-state index in [1.807, 2.05) is 13.0 Å². The molecule has 2 nitrogen and oxygen atoms in total. The quantitative estimate of drug-likeness (QED) is 0.732. The number of hydrogen-bond donors (Lipinski definition) is 0. The monoisotopic (exact) mass is 274 g/mol. The summed E-state index contributed by atoms with van der Waals surface area (Å²) in [7, 11) is 0. The molecule has 0 amide bonds. The van der Waals surface area contributed by atoms with Crippen molar-refractivity contribution in [2.45, 2.75) is 40.5 Å². The minimum Gasteiger partial charge on any atom is -0.233 e. The van der Waals surface area contributed by atoms with Crippen molar-refractivity contribution in [1.29, 1.82) is 0 Å². The molecule has 2 rings (SSSR count). The molecule has 1 aromatic carbocycles. The van der Waals surface area contributed by atoms with Crippen LogP contribution in [0.4, 0.5) is 0 Å². The summed E-state index contributed by atoms with van der Waals surface area (Å²) in [5.41, 5.74) is 5.44. The predicted octanol–water partition coefficient (Wildman–Crippen LogP) is 4.85. The van der Waals surface area contributed by atoms with Crippen LogP contribution in [0.15, 0.2) is 18.2 Å². The summed E-state index contributed by atoms with van der Waals surface area (Å²) in [6, 6.07) is 6.20. The molecule has 0 aliphatic heterocycles. The zero-order valence-corrected chi connectivity index (χ0v) is 12.8. The van der Waals surface area contributed by atoms with Crippen LogP contribution in [0.5, 0.6) is 0 Å². The van der Waals surface area contributed by atoms with Crippen molar-refractivity contribution in [3.05, 3.63) is 45.7 Å². The molecule has 0 saturated heterocycles. The van der Waals surface area contributed by atoms with E-state index < -0.39 is 0 Å². The third-order valence-electron chi connectivity index (χ3n) is 3.37. The summed E-state index contributed by atoms with van der Waals surface area (Å²) in [6.07, 6.45) is 0. The van der Waals surface area contributed by atoms with Crippen molar-refractivity contribution in [2.75, 3.05) is 0 Å². The number of aromatic nitrogens is 2. The van der Waals surface area contributed by atoms with Crippen LogP contribution >= 0.6 is 11.6 Å². The van der Waals surface area contributed by atoms with Gasteiger partial charge < -0.3 is 0 Å². The minimum atomic E-state index is 0.333. The van der Waals surface area contributed by atoms with Crippen LogP contribution in [0.2, 0.25) is 5.15 Å². The highest BCUT2D eigenvalue weighted by Crippen LogP contribution is 2.30. The number of benzene rings is 1. The first-order valence-corrected chi connectivity index (χ1v) is 6.90. The van der Waals surface area contributed by atoms with Crippen LogP contribution in [-0.4, -0.2) is 9.97 Å². The molecule has 0 atom stereocenters. The maximum atomic E-state index is 6.33. The molecule has 0 aliphatic carbocycles. The van der Waals surface area contributed by atoms with Gasteiger partial charge in [0, 0.05) is 16.8 Å². The molecule has 0 aliphatic rings. The van der Waals surface area contributed by atoms with Gasteiger partial charge in [0.15, 0.2) is 5.82 Å². The van der Waals surface area contributed by atoms with Crippen LogP contribution in [0.25, 0.3) is 11.4 Å². The number of aryl methyl sites for hydroxylation is 3. The fraction of sp³-hybridized carbons (Fsp3) is 0.375. The van der Waals surface area contributed by atoms with Gasteiger partial charge in [0.1, 0.15) is 5.15 Å². The van der Waals surface area contributed by atoms with E-state index >= 15 is 0 Å². The summed E-state index contributed by atoms with van der Waals surface area (Å²) in [4.78, 5) is 9.15. The molecule has 0 N–H and O–H groups in total. The first-order chi connectivity index (χ1) is 8.91. The summed E-state index contributed by atoms with van der Waals surface area (Å²) in [5.74, 6) is 1.06. The van der Waals surface area contributed by atoms with Gasteiger partial charge in [-0.15, -0.1) is 0 Å². The molecule has 19 heavy (non-hydrogen) atoms. The molecular formula is C16H19ClN2. The van der Waals surface area contributed by atoms with Crippen LogP contribution in [0.1, 0.15) is 42.1 Å². The smallest absolute Gasteiger partial charge is 0.161 e. The van der Waals surface area contributed by atoms with E-state index in [4.69, 9.17) is 11.6 Å². The van der Waals surface area contributed by atoms with Gasteiger partial charge in [-0.25, -0.2) is 9.97 Å². The standard InChI is InChI=1S/C16H19ClN2/c1-9(2)13-12(5)18-16(19-15(13)17)14-10(3)7-6-8-11(14)4/h6-9H,1-5H3. The van der Waals surface area contributed by atoms with Crippen molar-refractivity contribution in [3.8, 4) is 11.4 Å². The van der Waals surface area contributed by atoms with Crippen molar-refractivity contribution in [3.63, 3.8) is 0 Å². The van der Waals surface area contributed by atoms with E-state index in [9.17, 15) is 0 Å². The molecule has 0 unspecified atom stereocenters. The Morgan fingerprint density at radius 2 is 1.58 bits per heavy atom. The molecule has 0 spiro atoms. The molecule has 0 saturated carbocycles. The van der Waals surface area contributed by atoms with Crippen molar-refractivity contribution in [1.82, 2.24) is 9.97 Å². The molecule has 2 aromatic rings. The molecule has 0 radical (unpaired) electrons. The van der Waals surface area contributed by atoms with E-state index in [1.54, 1.807) is 0 Å². The Balaban J connectivity index is 2.66. The first-order valence-electron chi connectivity index (χ1n) is 6.52. The summed E-state index contributed by atoms with van der Waals surface area (Å²) < 4.78 is 0. The topological polar surface area (TPSA) is 25.8 Å². The van der Waals surface area contributed by atoms with Gasteiger partial charge >= 0.3 is 0 Å². The third kappa shape index (κ3) is 2.64. The third-order valence-corrected chi connectivity index (χ3v) is 3.66. The van der Waals surface area contributed by atoms with E-state index in [1.165, 1.54) is 11.1 Å². The second kappa shape index (κ2) is 5.30. The van der Waals surface area contributed by atoms with Crippen molar-refractivity contribution < 1.29 is 0 Å². The largest absolute Gasteiger partial charge is 0.233 e. The van der Waals surface area contributed by atoms with Gasteiger partial charge in [-0.1, -0.05) is 43.6 Å². The number of rotatable bonds is 2. The van der Waals surface area contributed by atoms with Crippen LogP contribution in [0, 0.1) is 20.8 Å². The maximum Gasteiger partial charge on any atom is 0.161 e. The predicted molar refractivity (Wildman–Crippen MR) is 80.8 cm³/mol. The van der Waals surface area contributed by atoms with Gasteiger partial charge in [-0.3, -0.25) is 0 Å². The highest BCUT2D eigenvalue weighted by atomic mass is 35.5. The molecule has 0 bridgehead atoms. The highest BCUT2D eigenvalue weighted by Gasteiger charge is 2.16. The average molecular weight is 275 g/mol. The minimum absolute atomic E-state index is 0.333. The Hall–Kier alpha value is -1.41. The Bertz CT molecular complexity index is 575. The normalized spacial score (nSPS) is 11.1. The lowest BCUT2D eigenvalue weighted by atomic mass is 10.0. The number of halogens is 1. The Morgan fingerprint density at radius 1 is 1.00 bits per heavy atom. The molecule has 0 fully saturated rings. The lowest BCUT2D eigenvalue weighted by Gasteiger charge is -2.14. The lowest BCUT2D eigenvalue weighted by Crippen LogP contribution is -2.03. The zero-order chi connectivity index (χ0) is 14.2. The first kappa shape index (κ1) is 14.0. The van der Waals surface area contributed by atoms with E-state index in [0.717, 1.165) is 22.6 Å². The molecule has 3 heteroatoms. The van der Waals surface area contributed by atoms with Gasteiger partial charge in [0.2, 0.25) is 0 Å². The fourth-order valence-electron chi connectivity index (χ4n) is 2.48. The van der Waals surface area contributed by atoms with Crippen LogP contribution in [0.3, 0.4) is 0 Å². The van der Waals surface area contributed by atoms with Gasteiger partial charge in [-0.2, -0.15) is 0 Å². The summed E-state index contributed by atoms with van der Waals surface area (Å²) in [6.45, 7) is 10.4.